The van der Waals surface area contributed by atoms with Gasteiger partial charge in [-0.15, -0.1) is 0 Å². The first-order valence-corrected chi connectivity index (χ1v) is 8.11. The summed E-state index contributed by atoms with van der Waals surface area (Å²) in [5.41, 5.74) is 6.42. The van der Waals surface area contributed by atoms with Crippen LogP contribution in [0.3, 0.4) is 0 Å². The summed E-state index contributed by atoms with van der Waals surface area (Å²) in [7, 11) is 3.59. The molecule has 1 heterocycles. The van der Waals surface area contributed by atoms with E-state index in [1.807, 2.05) is 31.3 Å². The van der Waals surface area contributed by atoms with E-state index in [0.29, 0.717) is 0 Å². The van der Waals surface area contributed by atoms with Crippen molar-refractivity contribution in [1.82, 2.24) is 9.97 Å². The maximum absolute atomic E-state index is 5.35. The average Bonchev–Trinajstić information content (AvgIpc) is 2.66. The zero-order valence-electron chi connectivity index (χ0n) is 13.8. The minimum Gasteiger partial charge on any atom is -0.497 e. The molecule has 4 heteroatoms. The molecular formula is C20H19N3O. The lowest BCUT2D eigenvalue weighted by Gasteiger charge is -2.21. The topological polar surface area (TPSA) is 47.0 Å². The Morgan fingerprint density at radius 3 is 2.54 bits per heavy atom. The molecule has 0 unspecified atom stereocenters. The number of nitrogens with one attached hydrogen (secondary N) is 1. The predicted molar refractivity (Wildman–Crippen MR) is 96.4 cm³/mol. The Kier molecular flexibility index (Phi) is 3.65. The third kappa shape index (κ3) is 2.40. The van der Waals surface area contributed by atoms with Crippen LogP contribution in [0.15, 0.2) is 48.5 Å². The molecule has 1 aliphatic rings. The Hall–Kier alpha value is -2.88. The highest BCUT2D eigenvalue weighted by atomic mass is 16.5. The number of rotatable bonds is 3. The van der Waals surface area contributed by atoms with Crippen molar-refractivity contribution in [1.29, 1.82) is 0 Å². The second kappa shape index (κ2) is 5.96. The fraction of sp³-hybridized carbons (Fsp3) is 0.200. The monoisotopic (exact) mass is 317 g/mol. The van der Waals surface area contributed by atoms with Gasteiger partial charge in [0.1, 0.15) is 11.4 Å². The number of fused-ring (bicyclic) bond motifs is 3. The second-order valence-electron chi connectivity index (χ2n) is 5.86. The van der Waals surface area contributed by atoms with Gasteiger partial charge in [-0.25, -0.2) is 9.97 Å². The highest BCUT2D eigenvalue weighted by Crippen LogP contribution is 2.36. The normalized spacial score (nSPS) is 12.2. The van der Waals surface area contributed by atoms with Gasteiger partial charge in [0.25, 0.3) is 0 Å². The van der Waals surface area contributed by atoms with Crippen molar-refractivity contribution in [3.8, 4) is 28.3 Å². The number of aromatic nitrogens is 2. The van der Waals surface area contributed by atoms with Crippen LogP contribution in [0.1, 0.15) is 11.3 Å². The number of methoxy groups -OCH3 is 1. The number of benzene rings is 2. The Morgan fingerprint density at radius 1 is 0.958 bits per heavy atom. The van der Waals surface area contributed by atoms with Crippen LogP contribution in [-0.4, -0.2) is 24.1 Å². The van der Waals surface area contributed by atoms with Crippen molar-refractivity contribution in [3.05, 3.63) is 59.8 Å². The van der Waals surface area contributed by atoms with E-state index in [2.05, 4.69) is 29.6 Å². The maximum atomic E-state index is 5.35. The van der Waals surface area contributed by atoms with Gasteiger partial charge in [-0.05, 0) is 36.6 Å². The molecule has 0 saturated carbocycles. The molecule has 4 nitrogen and oxygen atoms in total. The third-order valence-corrected chi connectivity index (χ3v) is 4.45. The summed E-state index contributed by atoms with van der Waals surface area (Å²) in [5, 5.41) is 3.19. The standard InChI is InChI=1S/C20H19N3O/c1-21-20-18(13-6-4-3-5-7-13)23-19-16-10-9-15(24-2)12-14(16)8-11-17(19)22-20/h3-7,9-10,12H,8,11H2,1-2H3,(H,21,22). The third-order valence-electron chi connectivity index (χ3n) is 4.45. The summed E-state index contributed by atoms with van der Waals surface area (Å²) in [5.74, 6) is 1.72. The van der Waals surface area contributed by atoms with E-state index in [9.17, 15) is 0 Å². The molecule has 0 aliphatic heterocycles. The molecule has 0 bridgehead atoms. The minimum atomic E-state index is 0.830. The molecule has 0 fully saturated rings. The first-order chi connectivity index (χ1) is 11.8. The fourth-order valence-corrected chi connectivity index (χ4v) is 3.22. The molecule has 0 saturated heterocycles. The van der Waals surface area contributed by atoms with Crippen molar-refractivity contribution in [3.63, 3.8) is 0 Å². The van der Waals surface area contributed by atoms with Gasteiger partial charge in [0.05, 0.1) is 18.5 Å². The number of aryl methyl sites for hydroxylation is 2. The number of hydrogen-bond donors (Lipinski definition) is 1. The van der Waals surface area contributed by atoms with Crippen molar-refractivity contribution in [2.75, 3.05) is 19.5 Å². The van der Waals surface area contributed by atoms with Crippen LogP contribution in [0.25, 0.3) is 22.5 Å². The summed E-state index contributed by atoms with van der Waals surface area (Å²) >= 11 is 0. The lowest BCUT2D eigenvalue weighted by Crippen LogP contribution is -2.11. The zero-order valence-corrected chi connectivity index (χ0v) is 13.8. The van der Waals surface area contributed by atoms with E-state index in [1.54, 1.807) is 7.11 Å². The Morgan fingerprint density at radius 2 is 1.79 bits per heavy atom. The number of nitrogens with zero attached hydrogens (tertiary/aromatic N) is 2. The SMILES string of the molecule is CNc1nc2c(nc1-c1ccccc1)-c1ccc(OC)cc1CC2. The van der Waals surface area contributed by atoms with Crippen LogP contribution in [0.5, 0.6) is 5.75 Å². The summed E-state index contributed by atoms with van der Waals surface area (Å²) in [6, 6.07) is 16.4. The molecule has 0 amide bonds. The quantitative estimate of drug-likeness (QED) is 0.794. The van der Waals surface area contributed by atoms with Gasteiger partial charge in [-0.3, -0.25) is 0 Å². The van der Waals surface area contributed by atoms with Crippen LogP contribution in [0.4, 0.5) is 5.82 Å². The maximum Gasteiger partial charge on any atom is 0.152 e. The molecule has 2 aromatic carbocycles. The second-order valence-corrected chi connectivity index (χ2v) is 5.86. The van der Waals surface area contributed by atoms with Gasteiger partial charge in [0.2, 0.25) is 0 Å². The highest BCUT2D eigenvalue weighted by Gasteiger charge is 2.22. The van der Waals surface area contributed by atoms with Crippen LogP contribution in [-0.2, 0) is 12.8 Å². The molecular weight excluding hydrogens is 298 g/mol. The summed E-state index contributed by atoms with van der Waals surface area (Å²) in [4.78, 5) is 9.83. The average molecular weight is 317 g/mol. The minimum absolute atomic E-state index is 0.830. The van der Waals surface area contributed by atoms with E-state index >= 15 is 0 Å². The Balaban J connectivity index is 1.91. The molecule has 0 spiro atoms. The summed E-state index contributed by atoms with van der Waals surface area (Å²) in [6.07, 6.45) is 1.86. The zero-order chi connectivity index (χ0) is 16.5. The van der Waals surface area contributed by atoms with Gasteiger partial charge in [-0.2, -0.15) is 0 Å². The van der Waals surface area contributed by atoms with Crippen LogP contribution in [0.2, 0.25) is 0 Å². The van der Waals surface area contributed by atoms with E-state index in [1.165, 1.54) is 5.56 Å². The largest absolute Gasteiger partial charge is 0.497 e. The van der Waals surface area contributed by atoms with Gasteiger partial charge in [-0.1, -0.05) is 30.3 Å². The number of ether oxygens (including phenoxy) is 1. The smallest absolute Gasteiger partial charge is 0.152 e. The number of anilines is 1. The van der Waals surface area contributed by atoms with Gasteiger partial charge < -0.3 is 10.1 Å². The van der Waals surface area contributed by atoms with Gasteiger partial charge in [0, 0.05) is 18.2 Å². The molecule has 1 N–H and O–H groups in total. The van der Waals surface area contributed by atoms with E-state index in [0.717, 1.165) is 52.6 Å². The molecule has 24 heavy (non-hydrogen) atoms. The fourth-order valence-electron chi connectivity index (χ4n) is 3.22. The summed E-state index contributed by atoms with van der Waals surface area (Å²) < 4.78 is 5.35. The van der Waals surface area contributed by atoms with Crippen LogP contribution in [0, 0.1) is 0 Å². The van der Waals surface area contributed by atoms with E-state index in [-0.39, 0.29) is 0 Å². The van der Waals surface area contributed by atoms with Crippen LogP contribution < -0.4 is 10.1 Å². The number of hydrogen-bond acceptors (Lipinski definition) is 4. The predicted octanol–water partition coefficient (Wildman–Crippen LogP) is 3.96. The van der Waals surface area contributed by atoms with Crippen LogP contribution >= 0.6 is 0 Å². The van der Waals surface area contributed by atoms with E-state index in [4.69, 9.17) is 14.7 Å². The van der Waals surface area contributed by atoms with Crippen molar-refractivity contribution in [2.24, 2.45) is 0 Å². The lowest BCUT2D eigenvalue weighted by atomic mass is 9.91. The Bertz CT molecular complexity index is 891. The van der Waals surface area contributed by atoms with Crippen molar-refractivity contribution >= 4 is 5.82 Å². The molecule has 3 aromatic rings. The van der Waals surface area contributed by atoms with Gasteiger partial charge in [0.15, 0.2) is 5.82 Å². The highest BCUT2D eigenvalue weighted by molar-refractivity contribution is 5.77. The molecule has 4 rings (SSSR count). The molecule has 1 aromatic heterocycles. The lowest BCUT2D eigenvalue weighted by molar-refractivity contribution is 0.414. The van der Waals surface area contributed by atoms with E-state index < -0.39 is 0 Å². The van der Waals surface area contributed by atoms with Crippen molar-refractivity contribution < 1.29 is 4.74 Å². The molecule has 1 aliphatic carbocycles. The molecule has 120 valence electrons. The van der Waals surface area contributed by atoms with Crippen molar-refractivity contribution in [2.45, 2.75) is 12.8 Å². The molecule has 0 radical (unpaired) electrons. The Labute approximate surface area is 141 Å². The summed E-state index contributed by atoms with van der Waals surface area (Å²) in [6.45, 7) is 0. The first-order valence-electron chi connectivity index (χ1n) is 8.11. The first kappa shape index (κ1) is 14.7. The molecule has 0 atom stereocenters. The van der Waals surface area contributed by atoms with Gasteiger partial charge >= 0.3 is 0 Å².